The number of aromatic nitrogens is 2. The van der Waals surface area contributed by atoms with Gasteiger partial charge in [0.05, 0.1) is 0 Å². The molecule has 1 N–H and O–H groups in total. The molecule has 1 atom stereocenters. The van der Waals surface area contributed by atoms with Crippen molar-refractivity contribution in [1.82, 2.24) is 9.55 Å². The molecule has 3 rings (SSSR count). The fourth-order valence-corrected chi connectivity index (χ4v) is 2.64. The standard InChI is InChI=1S/C17H15ClN2O/c1-20-12-11-19-16(20)17(21,13-5-3-2-4-6-13)14-7-9-15(18)10-8-14/h2-12,21H,1H3. The largest absolute Gasteiger partial charge is 0.373 e. The third-order valence-corrected chi connectivity index (χ3v) is 3.85. The minimum Gasteiger partial charge on any atom is -0.373 e. The van der Waals surface area contributed by atoms with Gasteiger partial charge >= 0.3 is 0 Å². The number of aliphatic hydroxyl groups is 1. The van der Waals surface area contributed by atoms with Gasteiger partial charge < -0.3 is 9.67 Å². The monoisotopic (exact) mass is 298 g/mol. The van der Waals surface area contributed by atoms with E-state index in [1.165, 1.54) is 0 Å². The molecule has 0 aliphatic carbocycles. The van der Waals surface area contributed by atoms with Gasteiger partial charge in [-0.1, -0.05) is 54.1 Å². The van der Waals surface area contributed by atoms with Crippen LogP contribution in [-0.4, -0.2) is 14.7 Å². The Bertz CT molecular complexity index is 737. The summed E-state index contributed by atoms with van der Waals surface area (Å²) in [5, 5.41) is 12.1. The predicted octanol–water partition coefficient (Wildman–Crippen LogP) is 3.36. The lowest BCUT2D eigenvalue weighted by Crippen LogP contribution is -2.32. The summed E-state index contributed by atoms with van der Waals surface area (Å²) >= 11 is 5.96. The van der Waals surface area contributed by atoms with E-state index in [2.05, 4.69) is 4.98 Å². The number of nitrogens with zero attached hydrogens (tertiary/aromatic N) is 2. The van der Waals surface area contributed by atoms with Gasteiger partial charge in [0.1, 0.15) is 5.82 Å². The van der Waals surface area contributed by atoms with E-state index in [1.54, 1.807) is 18.3 Å². The summed E-state index contributed by atoms with van der Waals surface area (Å²) in [5.74, 6) is 0.566. The maximum absolute atomic E-state index is 11.5. The summed E-state index contributed by atoms with van der Waals surface area (Å²) in [6.07, 6.45) is 3.50. The molecule has 106 valence electrons. The van der Waals surface area contributed by atoms with Crippen LogP contribution in [-0.2, 0) is 12.6 Å². The van der Waals surface area contributed by atoms with Crippen LogP contribution >= 0.6 is 11.6 Å². The lowest BCUT2D eigenvalue weighted by atomic mass is 9.85. The number of rotatable bonds is 3. The molecule has 0 saturated carbocycles. The topological polar surface area (TPSA) is 38.0 Å². The van der Waals surface area contributed by atoms with Gasteiger partial charge in [-0.25, -0.2) is 4.98 Å². The fraction of sp³-hybridized carbons (Fsp3) is 0.118. The van der Waals surface area contributed by atoms with Crippen LogP contribution < -0.4 is 0 Å². The zero-order chi connectivity index (χ0) is 14.9. The average molecular weight is 299 g/mol. The van der Waals surface area contributed by atoms with Gasteiger partial charge in [-0.2, -0.15) is 0 Å². The second-order valence-corrected chi connectivity index (χ2v) is 5.38. The third-order valence-electron chi connectivity index (χ3n) is 3.60. The highest BCUT2D eigenvalue weighted by molar-refractivity contribution is 6.30. The van der Waals surface area contributed by atoms with Crippen molar-refractivity contribution < 1.29 is 5.11 Å². The SMILES string of the molecule is Cn1ccnc1C(O)(c1ccccc1)c1ccc(Cl)cc1. The molecule has 0 spiro atoms. The minimum atomic E-state index is -1.32. The maximum Gasteiger partial charge on any atom is 0.173 e. The predicted molar refractivity (Wildman–Crippen MR) is 83.2 cm³/mol. The first kappa shape index (κ1) is 13.9. The van der Waals surface area contributed by atoms with E-state index in [-0.39, 0.29) is 0 Å². The molecule has 0 fully saturated rings. The Hall–Kier alpha value is -2.10. The van der Waals surface area contributed by atoms with Gasteiger partial charge in [0.15, 0.2) is 5.60 Å². The van der Waals surface area contributed by atoms with Crippen molar-refractivity contribution in [1.29, 1.82) is 0 Å². The lowest BCUT2D eigenvalue weighted by Gasteiger charge is -2.29. The van der Waals surface area contributed by atoms with Gasteiger partial charge in [-0.15, -0.1) is 0 Å². The van der Waals surface area contributed by atoms with E-state index in [4.69, 9.17) is 11.6 Å². The molecule has 0 radical (unpaired) electrons. The number of hydrogen-bond donors (Lipinski definition) is 1. The van der Waals surface area contributed by atoms with Crippen molar-refractivity contribution in [2.75, 3.05) is 0 Å². The van der Waals surface area contributed by atoms with E-state index >= 15 is 0 Å². The molecular formula is C17H15ClN2O. The van der Waals surface area contributed by atoms with E-state index in [1.807, 2.05) is 60.3 Å². The van der Waals surface area contributed by atoms with Crippen molar-refractivity contribution in [2.45, 2.75) is 5.60 Å². The zero-order valence-corrected chi connectivity index (χ0v) is 12.3. The first-order chi connectivity index (χ1) is 10.1. The van der Waals surface area contributed by atoms with E-state index in [9.17, 15) is 5.11 Å². The van der Waals surface area contributed by atoms with Crippen LogP contribution in [0.15, 0.2) is 67.0 Å². The molecular weight excluding hydrogens is 284 g/mol. The van der Waals surface area contributed by atoms with Crippen molar-refractivity contribution in [3.8, 4) is 0 Å². The Balaban J connectivity index is 2.25. The summed E-state index contributed by atoms with van der Waals surface area (Å²) in [4.78, 5) is 4.34. The number of imidazole rings is 1. The molecule has 3 nitrogen and oxygen atoms in total. The Morgan fingerprint density at radius 3 is 2.19 bits per heavy atom. The highest BCUT2D eigenvalue weighted by Gasteiger charge is 2.37. The fourth-order valence-electron chi connectivity index (χ4n) is 2.51. The Morgan fingerprint density at radius 1 is 1.00 bits per heavy atom. The van der Waals surface area contributed by atoms with E-state index in [0.29, 0.717) is 10.8 Å². The molecule has 1 unspecified atom stereocenters. The maximum atomic E-state index is 11.5. The van der Waals surface area contributed by atoms with Crippen molar-refractivity contribution in [3.63, 3.8) is 0 Å². The van der Waals surface area contributed by atoms with Crippen LogP contribution in [0.5, 0.6) is 0 Å². The average Bonchev–Trinajstić information content (AvgIpc) is 2.95. The molecule has 0 aliphatic rings. The van der Waals surface area contributed by atoms with Crippen LogP contribution in [0.2, 0.25) is 5.02 Å². The summed E-state index contributed by atoms with van der Waals surface area (Å²) in [6, 6.07) is 16.7. The third kappa shape index (κ3) is 2.35. The number of hydrogen-bond acceptors (Lipinski definition) is 2. The van der Waals surface area contributed by atoms with Gasteiger partial charge in [0.25, 0.3) is 0 Å². The lowest BCUT2D eigenvalue weighted by molar-refractivity contribution is 0.112. The molecule has 0 saturated heterocycles. The zero-order valence-electron chi connectivity index (χ0n) is 11.6. The van der Waals surface area contributed by atoms with E-state index < -0.39 is 5.60 Å². The molecule has 1 aromatic heterocycles. The van der Waals surface area contributed by atoms with E-state index in [0.717, 1.165) is 11.1 Å². The molecule has 0 bridgehead atoms. The van der Waals surface area contributed by atoms with Crippen LogP contribution in [0, 0.1) is 0 Å². The Morgan fingerprint density at radius 2 is 1.62 bits per heavy atom. The first-order valence-electron chi connectivity index (χ1n) is 6.64. The summed E-state index contributed by atoms with van der Waals surface area (Å²) in [6.45, 7) is 0. The van der Waals surface area contributed by atoms with Crippen molar-refractivity contribution >= 4 is 11.6 Å². The van der Waals surface area contributed by atoms with Crippen molar-refractivity contribution in [3.05, 3.63) is 89.0 Å². The number of halogens is 1. The summed E-state index contributed by atoms with van der Waals surface area (Å²) in [7, 11) is 1.87. The second kappa shape index (κ2) is 5.35. The van der Waals surface area contributed by atoms with Crippen LogP contribution in [0.4, 0.5) is 0 Å². The molecule has 2 aromatic carbocycles. The van der Waals surface area contributed by atoms with Crippen molar-refractivity contribution in [2.24, 2.45) is 7.05 Å². The van der Waals surface area contributed by atoms with Gasteiger partial charge in [0.2, 0.25) is 0 Å². The quantitative estimate of drug-likeness (QED) is 0.805. The van der Waals surface area contributed by atoms with Crippen LogP contribution in [0.1, 0.15) is 17.0 Å². The summed E-state index contributed by atoms with van der Waals surface area (Å²) in [5.41, 5.74) is 0.179. The normalized spacial score (nSPS) is 13.9. The summed E-state index contributed by atoms with van der Waals surface area (Å²) < 4.78 is 1.82. The Kier molecular flexibility index (Phi) is 3.53. The number of aryl methyl sites for hydroxylation is 1. The van der Waals surface area contributed by atoms with Gasteiger partial charge in [-0.3, -0.25) is 0 Å². The van der Waals surface area contributed by atoms with Gasteiger partial charge in [0, 0.05) is 24.5 Å². The van der Waals surface area contributed by atoms with Gasteiger partial charge in [-0.05, 0) is 23.3 Å². The van der Waals surface area contributed by atoms with Crippen LogP contribution in [0.25, 0.3) is 0 Å². The first-order valence-corrected chi connectivity index (χ1v) is 7.02. The molecule has 1 heterocycles. The molecule has 21 heavy (non-hydrogen) atoms. The molecule has 4 heteroatoms. The molecule has 3 aromatic rings. The minimum absolute atomic E-state index is 0.566. The molecule has 0 amide bonds. The van der Waals surface area contributed by atoms with Crippen LogP contribution in [0.3, 0.4) is 0 Å². The molecule has 0 aliphatic heterocycles. The highest BCUT2D eigenvalue weighted by Crippen LogP contribution is 2.35. The number of benzene rings is 2. The highest BCUT2D eigenvalue weighted by atomic mass is 35.5. The second-order valence-electron chi connectivity index (χ2n) is 4.95. The smallest absolute Gasteiger partial charge is 0.173 e. The Labute approximate surface area is 128 Å².